The fraction of sp³-hybridized carbons (Fsp3) is 0.300. The number of nitrogens with one attached hydrogen (secondary N) is 1. The molecule has 0 aromatic heterocycles. The van der Waals surface area contributed by atoms with Crippen molar-refractivity contribution in [3.8, 4) is 5.75 Å². The first-order valence-corrected chi connectivity index (χ1v) is 9.14. The molecule has 2 amide bonds. The Hall–Kier alpha value is -2.60. The van der Waals surface area contributed by atoms with Crippen molar-refractivity contribution < 1.29 is 18.7 Å². The van der Waals surface area contributed by atoms with Gasteiger partial charge in [-0.3, -0.25) is 9.59 Å². The fourth-order valence-electron chi connectivity index (χ4n) is 2.96. The average Bonchev–Trinajstić information content (AvgIpc) is 3.05. The monoisotopic (exact) mass is 390 g/mol. The lowest BCUT2D eigenvalue weighted by Gasteiger charge is -2.18. The molecule has 1 heterocycles. The normalized spacial score (nSPS) is 16.4. The molecule has 0 radical (unpaired) electrons. The number of rotatable bonds is 7. The van der Waals surface area contributed by atoms with Crippen LogP contribution in [0.5, 0.6) is 5.75 Å². The van der Waals surface area contributed by atoms with Gasteiger partial charge >= 0.3 is 0 Å². The molecule has 2 aromatic rings. The zero-order valence-corrected chi connectivity index (χ0v) is 15.4. The van der Waals surface area contributed by atoms with Crippen LogP contribution in [0.15, 0.2) is 48.5 Å². The zero-order valence-electron chi connectivity index (χ0n) is 14.7. The Bertz CT molecular complexity index is 830. The first-order chi connectivity index (χ1) is 13.1. The van der Waals surface area contributed by atoms with E-state index in [1.54, 1.807) is 47.4 Å². The van der Waals surface area contributed by atoms with Gasteiger partial charge in [-0.25, -0.2) is 4.39 Å². The second kappa shape index (κ2) is 8.86. The molecule has 1 saturated heterocycles. The summed E-state index contributed by atoms with van der Waals surface area (Å²) in [6, 6.07) is 13.3. The highest BCUT2D eigenvalue weighted by molar-refractivity contribution is 6.33. The molecule has 1 aliphatic heterocycles. The van der Waals surface area contributed by atoms with E-state index in [1.165, 1.54) is 6.07 Å². The summed E-state index contributed by atoms with van der Waals surface area (Å²) >= 11 is 6.14. The third-order valence-electron chi connectivity index (χ3n) is 4.35. The molecule has 7 heteroatoms. The van der Waals surface area contributed by atoms with Crippen LogP contribution >= 0.6 is 11.6 Å². The number of para-hydroxylation sites is 2. The van der Waals surface area contributed by atoms with E-state index in [1.807, 2.05) is 0 Å². The molecule has 1 atom stereocenters. The Morgan fingerprint density at radius 2 is 1.96 bits per heavy atom. The summed E-state index contributed by atoms with van der Waals surface area (Å²) in [4.78, 5) is 26.1. The van der Waals surface area contributed by atoms with E-state index < -0.39 is 11.7 Å². The van der Waals surface area contributed by atoms with E-state index in [-0.39, 0.29) is 30.6 Å². The SMILES string of the molecule is O=C(NCCCOc1ccccc1F)C1CC(=O)N(c2ccccc2Cl)C1. The van der Waals surface area contributed by atoms with Crippen molar-refractivity contribution >= 4 is 29.1 Å². The van der Waals surface area contributed by atoms with Crippen LogP contribution in [-0.2, 0) is 9.59 Å². The molecule has 0 saturated carbocycles. The van der Waals surface area contributed by atoms with Gasteiger partial charge in [0, 0.05) is 19.5 Å². The Kier molecular flexibility index (Phi) is 6.29. The smallest absolute Gasteiger partial charge is 0.227 e. The lowest BCUT2D eigenvalue weighted by Crippen LogP contribution is -2.34. The van der Waals surface area contributed by atoms with E-state index >= 15 is 0 Å². The van der Waals surface area contributed by atoms with Crippen LogP contribution in [0.1, 0.15) is 12.8 Å². The predicted octanol–water partition coefficient (Wildman–Crippen LogP) is 3.42. The zero-order chi connectivity index (χ0) is 19.2. The number of halogens is 2. The second-order valence-corrected chi connectivity index (χ2v) is 6.69. The number of hydrogen-bond acceptors (Lipinski definition) is 3. The number of carbonyl (C=O) groups is 2. The Balaban J connectivity index is 1.43. The van der Waals surface area contributed by atoms with Gasteiger partial charge in [-0.1, -0.05) is 35.9 Å². The van der Waals surface area contributed by atoms with Crippen LogP contribution in [0.25, 0.3) is 0 Å². The van der Waals surface area contributed by atoms with Crippen LogP contribution in [0.2, 0.25) is 5.02 Å². The number of ether oxygens (including phenoxy) is 1. The molecule has 2 aromatic carbocycles. The molecule has 0 aliphatic carbocycles. The van der Waals surface area contributed by atoms with Gasteiger partial charge in [0.05, 0.1) is 23.2 Å². The maximum atomic E-state index is 13.4. The van der Waals surface area contributed by atoms with Crippen LogP contribution < -0.4 is 15.0 Å². The molecule has 1 fully saturated rings. The van der Waals surface area contributed by atoms with Crippen molar-refractivity contribution in [3.63, 3.8) is 0 Å². The molecule has 5 nitrogen and oxygen atoms in total. The molecular formula is C20H20ClFN2O3. The molecule has 0 spiro atoms. The van der Waals surface area contributed by atoms with E-state index in [0.717, 1.165) is 0 Å². The maximum absolute atomic E-state index is 13.4. The van der Waals surface area contributed by atoms with E-state index in [9.17, 15) is 14.0 Å². The molecule has 27 heavy (non-hydrogen) atoms. The third-order valence-corrected chi connectivity index (χ3v) is 4.67. The van der Waals surface area contributed by atoms with Gasteiger partial charge in [-0.2, -0.15) is 0 Å². The molecule has 3 rings (SSSR count). The number of anilines is 1. The van der Waals surface area contributed by atoms with Crippen molar-refractivity contribution in [1.29, 1.82) is 0 Å². The van der Waals surface area contributed by atoms with Crippen molar-refractivity contribution in [2.75, 3.05) is 24.6 Å². The Morgan fingerprint density at radius 1 is 1.22 bits per heavy atom. The van der Waals surface area contributed by atoms with Gasteiger partial charge in [0.2, 0.25) is 11.8 Å². The summed E-state index contributed by atoms with van der Waals surface area (Å²) in [5.74, 6) is -0.928. The van der Waals surface area contributed by atoms with Crippen molar-refractivity contribution in [1.82, 2.24) is 5.32 Å². The Labute approximate surface area is 162 Å². The summed E-state index contributed by atoms with van der Waals surface area (Å²) in [6.45, 7) is 0.987. The fourth-order valence-corrected chi connectivity index (χ4v) is 3.20. The van der Waals surface area contributed by atoms with Gasteiger partial charge in [0.25, 0.3) is 0 Å². The van der Waals surface area contributed by atoms with Gasteiger partial charge in [-0.15, -0.1) is 0 Å². The predicted molar refractivity (Wildman–Crippen MR) is 101 cm³/mol. The van der Waals surface area contributed by atoms with Gasteiger partial charge < -0.3 is 15.0 Å². The summed E-state index contributed by atoms with van der Waals surface area (Å²) < 4.78 is 18.8. The molecule has 142 valence electrons. The minimum atomic E-state index is -0.416. The van der Waals surface area contributed by atoms with Gasteiger partial charge in [-0.05, 0) is 30.7 Å². The number of benzene rings is 2. The molecule has 1 N–H and O–H groups in total. The average molecular weight is 391 g/mol. The minimum Gasteiger partial charge on any atom is -0.490 e. The lowest BCUT2D eigenvalue weighted by molar-refractivity contribution is -0.126. The number of amides is 2. The minimum absolute atomic E-state index is 0.119. The first kappa shape index (κ1) is 19.2. The molecule has 1 aliphatic rings. The van der Waals surface area contributed by atoms with E-state index in [4.69, 9.17) is 16.3 Å². The molecule has 1 unspecified atom stereocenters. The lowest BCUT2D eigenvalue weighted by atomic mass is 10.1. The van der Waals surface area contributed by atoms with Crippen molar-refractivity contribution in [2.24, 2.45) is 5.92 Å². The van der Waals surface area contributed by atoms with Crippen LogP contribution in [0.4, 0.5) is 10.1 Å². The largest absolute Gasteiger partial charge is 0.490 e. The first-order valence-electron chi connectivity index (χ1n) is 8.76. The van der Waals surface area contributed by atoms with E-state index in [2.05, 4.69) is 5.32 Å². The topological polar surface area (TPSA) is 58.6 Å². The number of carbonyl (C=O) groups excluding carboxylic acids is 2. The molecule has 0 bridgehead atoms. The maximum Gasteiger partial charge on any atom is 0.227 e. The van der Waals surface area contributed by atoms with E-state index in [0.29, 0.717) is 30.2 Å². The number of nitrogens with zero attached hydrogens (tertiary/aromatic N) is 1. The van der Waals surface area contributed by atoms with Crippen LogP contribution in [0.3, 0.4) is 0 Å². The second-order valence-electron chi connectivity index (χ2n) is 6.28. The third kappa shape index (κ3) is 4.77. The standard InChI is InChI=1S/C20H20ClFN2O3/c21-15-6-1-3-8-17(15)24-13-14(12-19(24)25)20(26)23-10-5-11-27-18-9-4-2-7-16(18)22/h1-4,6-9,14H,5,10-13H2,(H,23,26). The number of hydrogen-bond donors (Lipinski definition) is 1. The van der Waals surface area contributed by atoms with Gasteiger partial charge in [0.1, 0.15) is 0 Å². The van der Waals surface area contributed by atoms with Gasteiger partial charge in [0.15, 0.2) is 11.6 Å². The summed E-state index contributed by atoms with van der Waals surface area (Å²) in [5.41, 5.74) is 0.623. The summed E-state index contributed by atoms with van der Waals surface area (Å²) in [5, 5.41) is 3.29. The summed E-state index contributed by atoms with van der Waals surface area (Å²) in [7, 11) is 0. The summed E-state index contributed by atoms with van der Waals surface area (Å²) in [6.07, 6.45) is 0.692. The highest BCUT2D eigenvalue weighted by Gasteiger charge is 2.35. The van der Waals surface area contributed by atoms with Crippen LogP contribution in [0, 0.1) is 11.7 Å². The van der Waals surface area contributed by atoms with Crippen molar-refractivity contribution in [2.45, 2.75) is 12.8 Å². The van der Waals surface area contributed by atoms with Crippen molar-refractivity contribution in [3.05, 3.63) is 59.4 Å². The molecular weight excluding hydrogens is 371 g/mol. The quantitative estimate of drug-likeness (QED) is 0.737. The highest BCUT2D eigenvalue weighted by atomic mass is 35.5. The highest BCUT2D eigenvalue weighted by Crippen LogP contribution is 2.30. The Morgan fingerprint density at radius 3 is 2.74 bits per heavy atom. The van der Waals surface area contributed by atoms with Crippen LogP contribution in [-0.4, -0.2) is 31.5 Å².